The second kappa shape index (κ2) is 10.5. The molecule has 1 atom stereocenters. The SMILES string of the molecule is COc1cccc(OC)c1-c1ccc(OCC(N)=O)c(CN2CCCC(N(C)C)C2)c1. The molecule has 0 aromatic heterocycles. The van der Waals surface area contributed by atoms with Crippen LogP contribution in [-0.4, -0.2) is 69.8 Å². The van der Waals surface area contributed by atoms with Crippen molar-refractivity contribution in [2.75, 3.05) is 48.0 Å². The van der Waals surface area contributed by atoms with Crippen LogP contribution in [0.15, 0.2) is 36.4 Å². The van der Waals surface area contributed by atoms with Crippen LogP contribution in [0, 0.1) is 0 Å². The molecule has 1 fully saturated rings. The van der Waals surface area contributed by atoms with Crippen molar-refractivity contribution in [3.63, 3.8) is 0 Å². The summed E-state index contributed by atoms with van der Waals surface area (Å²) in [6.45, 7) is 2.60. The molecule has 2 aromatic rings. The monoisotopic (exact) mass is 427 g/mol. The number of nitrogens with two attached hydrogens (primary N) is 1. The smallest absolute Gasteiger partial charge is 0.255 e. The van der Waals surface area contributed by atoms with Crippen molar-refractivity contribution >= 4 is 5.91 Å². The van der Waals surface area contributed by atoms with Crippen LogP contribution in [0.1, 0.15) is 18.4 Å². The molecular formula is C24H33N3O4. The molecule has 7 heteroatoms. The van der Waals surface area contributed by atoms with Gasteiger partial charge in [0.15, 0.2) is 6.61 Å². The first kappa shape index (κ1) is 22.9. The van der Waals surface area contributed by atoms with Crippen molar-refractivity contribution in [1.29, 1.82) is 0 Å². The summed E-state index contributed by atoms with van der Waals surface area (Å²) in [4.78, 5) is 16.0. The van der Waals surface area contributed by atoms with Crippen LogP contribution in [0.3, 0.4) is 0 Å². The lowest BCUT2D eigenvalue weighted by atomic mass is 9.99. The van der Waals surface area contributed by atoms with Gasteiger partial charge in [0.25, 0.3) is 5.91 Å². The molecule has 1 saturated heterocycles. The molecular weight excluding hydrogens is 394 g/mol. The fourth-order valence-electron chi connectivity index (χ4n) is 4.12. The number of rotatable bonds is 9. The van der Waals surface area contributed by atoms with Crippen LogP contribution in [0.5, 0.6) is 17.2 Å². The highest BCUT2D eigenvalue weighted by Crippen LogP contribution is 2.40. The zero-order chi connectivity index (χ0) is 22.4. The van der Waals surface area contributed by atoms with Gasteiger partial charge in [0.2, 0.25) is 0 Å². The topological polar surface area (TPSA) is 77.3 Å². The number of hydrogen-bond acceptors (Lipinski definition) is 6. The van der Waals surface area contributed by atoms with Crippen LogP contribution in [0.4, 0.5) is 0 Å². The van der Waals surface area contributed by atoms with E-state index in [9.17, 15) is 4.79 Å². The molecule has 2 aromatic carbocycles. The normalized spacial score (nSPS) is 16.9. The van der Waals surface area contributed by atoms with Gasteiger partial charge in [-0.25, -0.2) is 0 Å². The summed E-state index contributed by atoms with van der Waals surface area (Å²) in [7, 11) is 7.56. The van der Waals surface area contributed by atoms with E-state index in [1.807, 2.05) is 30.3 Å². The van der Waals surface area contributed by atoms with Gasteiger partial charge in [0.1, 0.15) is 17.2 Å². The van der Waals surface area contributed by atoms with E-state index in [0.29, 0.717) is 11.8 Å². The number of amides is 1. The Morgan fingerprint density at radius 1 is 1.13 bits per heavy atom. The molecule has 7 nitrogen and oxygen atoms in total. The van der Waals surface area contributed by atoms with Crippen LogP contribution < -0.4 is 19.9 Å². The van der Waals surface area contributed by atoms with Crippen molar-refractivity contribution in [3.05, 3.63) is 42.0 Å². The van der Waals surface area contributed by atoms with Gasteiger partial charge in [-0.3, -0.25) is 9.69 Å². The molecule has 0 spiro atoms. The van der Waals surface area contributed by atoms with Crippen molar-refractivity contribution in [1.82, 2.24) is 9.80 Å². The quantitative estimate of drug-likeness (QED) is 0.663. The van der Waals surface area contributed by atoms with E-state index >= 15 is 0 Å². The Kier molecular flexibility index (Phi) is 7.76. The number of ether oxygens (including phenoxy) is 3. The first-order valence-electron chi connectivity index (χ1n) is 10.6. The van der Waals surface area contributed by atoms with Crippen LogP contribution >= 0.6 is 0 Å². The number of primary amides is 1. The lowest BCUT2D eigenvalue weighted by molar-refractivity contribution is -0.119. The molecule has 1 aliphatic heterocycles. The summed E-state index contributed by atoms with van der Waals surface area (Å²) >= 11 is 0. The van der Waals surface area contributed by atoms with Gasteiger partial charge in [0.05, 0.1) is 19.8 Å². The highest BCUT2D eigenvalue weighted by atomic mass is 16.5. The van der Waals surface area contributed by atoms with Crippen molar-refractivity contribution < 1.29 is 19.0 Å². The maximum absolute atomic E-state index is 11.3. The molecule has 1 heterocycles. The van der Waals surface area contributed by atoms with Crippen molar-refractivity contribution in [3.8, 4) is 28.4 Å². The predicted molar refractivity (Wildman–Crippen MR) is 122 cm³/mol. The lowest BCUT2D eigenvalue weighted by Crippen LogP contribution is -2.44. The molecule has 0 radical (unpaired) electrons. The molecule has 3 rings (SSSR count). The Morgan fingerprint density at radius 3 is 2.45 bits per heavy atom. The number of benzene rings is 2. The molecule has 0 bridgehead atoms. The van der Waals surface area contributed by atoms with Crippen molar-refractivity contribution in [2.24, 2.45) is 5.73 Å². The van der Waals surface area contributed by atoms with E-state index in [-0.39, 0.29) is 6.61 Å². The number of likely N-dealkylation sites (N-methyl/N-ethyl adjacent to an activating group) is 1. The average molecular weight is 428 g/mol. The van der Waals surface area contributed by atoms with E-state index in [1.54, 1.807) is 14.2 Å². The third-order valence-corrected chi connectivity index (χ3v) is 5.75. The Bertz CT molecular complexity index is 878. The van der Waals surface area contributed by atoms with Gasteiger partial charge in [0, 0.05) is 24.7 Å². The zero-order valence-corrected chi connectivity index (χ0v) is 18.9. The predicted octanol–water partition coefficient (Wildman–Crippen LogP) is 2.76. The van der Waals surface area contributed by atoms with E-state index < -0.39 is 5.91 Å². The van der Waals surface area contributed by atoms with Crippen LogP contribution in [-0.2, 0) is 11.3 Å². The molecule has 1 unspecified atom stereocenters. The minimum absolute atomic E-state index is 0.148. The lowest BCUT2D eigenvalue weighted by Gasteiger charge is -2.36. The highest BCUT2D eigenvalue weighted by Gasteiger charge is 2.23. The average Bonchev–Trinajstić information content (AvgIpc) is 2.77. The first-order valence-corrected chi connectivity index (χ1v) is 10.6. The van der Waals surface area contributed by atoms with E-state index in [1.165, 1.54) is 6.42 Å². The van der Waals surface area contributed by atoms with E-state index in [4.69, 9.17) is 19.9 Å². The number of piperidine rings is 1. The summed E-state index contributed by atoms with van der Waals surface area (Å²) in [6, 6.07) is 12.2. The molecule has 0 saturated carbocycles. The molecule has 31 heavy (non-hydrogen) atoms. The Hall–Kier alpha value is -2.77. The minimum Gasteiger partial charge on any atom is -0.496 e. The number of nitrogens with zero attached hydrogens (tertiary/aromatic N) is 2. The molecule has 168 valence electrons. The largest absolute Gasteiger partial charge is 0.496 e. The molecule has 1 aliphatic rings. The Balaban J connectivity index is 1.97. The maximum atomic E-state index is 11.3. The Morgan fingerprint density at radius 2 is 1.84 bits per heavy atom. The number of carbonyl (C=O) groups excluding carboxylic acids is 1. The number of likely N-dealkylation sites (tertiary alicyclic amines) is 1. The third-order valence-electron chi connectivity index (χ3n) is 5.75. The fourth-order valence-corrected chi connectivity index (χ4v) is 4.12. The highest BCUT2D eigenvalue weighted by molar-refractivity contribution is 5.78. The molecule has 1 amide bonds. The van der Waals surface area contributed by atoms with Gasteiger partial charge >= 0.3 is 0 Å². The second-order valence-electron chi connectivity index (χ2n) is 8.11. The summed E-state index contributed by atoms with van der Waals surface area (Å²) in [5, 5.41) is 0. The third kappa shape index (κ3) is 5.68. The van der Waals surface area contributed by atoms with Crippen molar-refractivity contribution in [2.45, 2.75) is 25.4 Å². The van der Waals surface area contributed by atoms with Crippen LogP contribution in [0.25, 0.3) is 11.1 Å². The number of hydrogen-bond donors (Lipinski definition) is 1. The summed E-state index contributed by atoms with van der Waals surface area (Å²) in [5.74, 6) is 1.65. The van der Waals surface area contributed by atoms with E-state index in [2.05, 4.69) is 30.0 Å². The van der Waals surface area contributed by atoms with Gasteiger partial charge in [-0.05, 0) is 63.3 Å². The Labute approximate surface area is 184 Å². The van der Waals surface area contributed by atoms with Gasteiger partial charge in [-0.1, -0.05) is 12.1 Å². The zero-order valence-electron chi connectivity index (χ0n) is 18.9. The summed E-state index contributed by atoms with van der Waals surface area (Å²) in [6.07, 6.45) is 2.35. The minimum atomic E-state index is -0.493. The maximum Gasteiger partial charge on any atom is 0.255 e. The first-order chi connectivity index (χ1) is 14.9. The summed E-state index contributed by atoms with van der Waals surface area (Å²) in [5.41, 5.74) is 8.17. The fraction of sp³-hybridized carbons (Fsp3) is 0.458. The molecule has 0 aliphatic carbocycles. The van der Waals surface area contributed by atoms with E-state index in [0.717, 1.165) is 54.2 Å². The number of methoxy groups -OCH3 is 2. The second-order valence-corrected chi connectivity index (χ2v) is 8.11. The van der Waals surface area contributed by atoms with Gasteiger partial charge < -0.3 is 24.8 Å². The number of carbonyl (C=O) groups is 1. The summed E-state index contributed by atoms with van der Waals surface area (Å²) < 4.78 is 16.9. The standard InChI is InChI=1S/C24H33N3O4/c1-26(2)19-7-6-12-27(15-19)14-18-13-17(10-11-20(18)31-16-23(25)28)24-21(29-3)8-5-9-22(24)30-4/h5,8-11,13,19H,6-7,12,14-16H2,1-4H3,(H2,25,28). The van der Waals surface area contributed by atoms with Gasteiger partial charge in [-0.15, -0.1) is 0 Å². The van der Waals surface area contributed by atoms with Crippen LogP contribution in [0.2, 0.25) is 0 Å². The molecule has 2 N–H and O–H groups in total. The van der Waals surface area contributed by atoms with Gasteiger partial charge in [-0.2, -0.15) is 0 Å².